The molecule has 17 heavy (non-hydrogen) atoms. The molecule has 0 saturated carbocycles. The molecule has 0 amide bonds. The van der Waals surface area contributed by atoms with Crippen LogP contribution in [0.15, 0.2) is 12.3 Å². The Bertz CT molecular complexity index is 390. The van der Waals surface area contributed by atoms with Crippen LogP contribution >= 0.6 is 0 Å². The van der Waals surface area contributed by atoms with Crippen LogP contribution < -0.4 is 5.32 Å². The molecule has 1 atom stereocenters. The third kappa shape index (κ3) is 2.00. The molecule has 2 aliphatic rings. The topological polar surface area (TPSA) is 33.1 Å². The Kier molecular flexibility index (Phi) is 2.71. The van der Waals surface area contributed by atoms with Gasteiger partial charge in [-0.05, 0) is 32.9 Å². The molecular formula is C13H22N4. The zero-order chi connectivity index (χ0) is 11.9. The molecule has 1 aromatic rings. The monoisotopic (exact) mass is 234 g/mol. The van der Waals surface area contributed by atoms with Crippen LogP contribution in [0.1, 0.15) is 26.0 Å². The zero-order valence-electron chi connectivity index (χ0n) is 10.8. The number of nitrogens with zero attached hydrogens (tertiary/aromatic N) is 3. The molecule has 4 nitrogen and oxygen atoms in total. The summed E-state index contributed by atoms with van der Waals surface area (Å²) in [5.74, 6) is 0. The molecular weight excluding hydrogens is 212 g/mol. The van der Waals surface area contributed by atoms with Gasteiger partial charge in [0.2, 0.25) is 0 Å². The minimum absolute atomic E-state index is 0.390. The van der Waals surface area contributed by atoms with Gasteiger partial charge in [-0.1, -0.05) is 0 Å². The fourth-order valence-electron chi connectivity index (χ4n) is 3.13. The molecule has 0 aliphatic carbocycles. The van der Waals surface area contributed by atoms with Gasteiger partial charge in [-0.15, -0.1) is 0 Å². The summed E-state index contributed by atoms with van der Waals surface area (Å²) in [6.07, 6.45) is 3.21. The molecule has 0 radical (unpaired) electrons. The molecule has 2 aliphatic heterocycles. The summed E-state index contributed by atoms with van der Waals surface area (Å²) < 4.78 is 2.22. The Hall–Kier alpha value is -0.870. The second-order valence-electron chi connectivity index (χ2n) is 5.91. The fraction of sp³-hybridized carbons (Fsp3) is 0.769. The van der Waals surface area contributed by atoms with E-state index in [4.69, 9.17) is 0 Å². The molecule has 4 heteroatoms. The van der Waals surface area contributed by atoms with E-state index in [-0.39, 0.29) is 0 Å². The van der Waals surface area contributed by atoms with Crippen LogP contribution in [0.5, 0.6) is 0 Å². The third-order valence-electron chi connectivity index (χ3n) is 4.26. The van der Waals surface area contributed by atoms with Gasteiger partial charge in [-0.2, -0.15) is 5.10 Å². The van der Waals surface area contributed by atoms with Crippen molar-refractivity contribution < 1.29 is 0 Å². The van der Waals surface area contributed by atoms with E-state index in [0.717, 1.165) is 26.2 Å². The predicted octanol–water partition coefficient (Wildman–Crippen LogP) is 1.09. The van der Waals surface area contributed by atoms with Crippen molar-refractivity contribution in [2.24, 2.45) is 5.41 Å². The van der Waals surface area contributed by atoms with Crippen molar-refractivity contribution in [1.29, 1.82) is 0 Å². The Labute approximate surface area is 103 Å². The molecule has 1 saturated heterocycles. The number of aromatic nitrogens is 2. The summed E-state index contributed by atoms with van der Waals surface area (Å²) in [4.78, 5) is 2.59. The fourth-order valence-corrected chi connectivity index (χ4v) is 3.13. The molecule has 1 N–H and O–H groups in total. The van der Waals surface area contributed by atoms with E-state index in [2.05, 4.69) is 39.9 Å². The van der Waals surface area contributed by atoms with Gasteiger partial charge in [0.1, 0.15) is 0 Å². The smallest absolute Gasteiger partial charge is 0.0524 e. The minimum atomic E-state index is 0.390. The van der Waals surface area contributed by atoms with Crippen molar-refractivity contribution in [3.05, 3.63) is 18.0 Å². The molecule has 1 fully saturated rings. The SMILES string of the molecule is CC(C)N1Cc2ccnn2CC2(CCNC2)C1. The van der Waals surface area contributed by atoms with Crippen molar-refractivity contribution in [2.75, 3.05) is 19.6 Å². The van der Waals surface area contributed by atoms with Crippen LogP contribution in [-0.2, 0) is 13.1 Å². The van der Waals surface area contributed by atoms with Gasteiger partial charge in [-0.3, -0.25) is 9.58 Å². The van der Waals surface area contributed by atoms with E-state index in [9.17, 15) is 0 Å². The molecule has 94 valence electrons. The maximum atomic E-state index is 4.49. The lowest BCUT2D eigenvalue weighted by Gasteiger charge is -2.33. The first kappa shape index (κ1) is 11.2. The lowest BCUT2D eigenvalue weighted by molar-refractivity contribution is 0.128. The van der Waals surface area contributed by atoms with Crippen LogP contribution in [0.25, 0.3) is 0 Å². The maximum absolute atomic E-state index is 4.49. The average Bonchev–Trinajstić information content (AvgIpc) is 2.86. The highest BCUT2D eigenvalue weighted by Crippen LogP contribution is 2.32. The van der Waals surface area contributed by atoms with Gasteiger partial charge in [0.05, 0.1) is 5.69 Å². The lowest BCUT2D eigenvalue weighted by Crippen LogP contribution is -2.42. The van der Waals surface area contributed by atoms with Crippen molar-refractivity contribution >= 4 is 0 Å². The number of hydrogen-bond donors (Lipinski definition) is 1. The molecule has 0 aromatic carbocycles. The normalized spacial score (nSPS) is 29.8. The van der Waals surface area contributed by atoms with E-state index in [0.29, 0.717) is 11.5 Å². The van der Waals surface area contributed by atoms with E-state index in [1.807, 2.05) is 6.20 Å². The van der Waals surface area contributed by atoms with Crippen molar-refractivity contribution in [1.82, 2.24) is 20.0 Å². The number of nitrogens with one attached hydrogen (secondary N) is 1. The second kappa shape index (κ2) is 4.10. The summed E-state index contributed by atoms with van der Waals surface area (Å²) in [5.41, 5.74) is 1.75. The van der Waals surface area contributed by atoms with Crippen LogP contribution in [0, 0.1) is 5.41 Å². The largest absolute Gasteiger partial charge is 0.316 e. The van der Waals surface area contributed by atoms with Crippen molar-refractivity contribution in [3.8, 4) is 0 Å². The predicted molar refractivity (Wildman–Crippen MR) is 67.7 cm³/mol. The van der Waals surface area contributed by atoms with Gasteiger partial charge < -0.3 is 5.32 Å². The van der Waals surface area contributed by atoms with E-state index >= 15 is 0 Å². The summed E-state index contributed by atoms with van der Waals surface area (Å²) in [6, 6.07) is 2.77. The summed E-state index contributed by atoms with van der Waals surface area (Å²) in [5, 5.41) is 8.02. The quantitative estimate of drug-likeness (QED) is 0.789. The molecule has 3 rings (SSSR count). The number of rotatable bonds is 1. The highest BCUT2D eigenvalue weighted by atomic mass is 15.3. The molecule has 0 bridgehead atoms. The molecule has 1 spiro atoms. The Morgan fingerprint density at radius 1 is 1.41 bits per heavy atom. The van der Waals surface area contributed by atoms with E-state index in [1.54, 1.807) is 0 Å². The standard InChI is InChI=1S/C13H22N4/c1-11(2)16-7-12-3-5-15-17(12)10-13(9-16)4-6-14-8-13/h3,5,11,14H,4,6-10H2,1-2H3. The van der Waals surface area contributed by atoms with Gasteiger partial charge in [0.25, 0.3) is 0 Å². The summed E-state index contributed by atoms with van der Waals surface area (Å²) in [6.45, 7) is 10.2. The van der Waals surface area contributed by atoms with Crippen LogP contribution in [0.2, 0.25) is 0 Å². The first-order valence-electron chi connectivity index (χ1n) is 6.64. The Morgan fingerprint density at radius 3 is 3.00 bits per heavy atom. The Balaban J connectivity index is 1.93. The van der Waals surface area contributed by atoms with Crippen molar-refractivity contribution in [2.45, 2.75) is 39.4 Å². The third-order valence-corrected chi connectivity index (χ3v) is 4.26. The van der Waals surface area contributed by atoms with Crippen LogP contribution in [0.3, 0.4) is 0 Å². The van der Waals surface area contributed by atoms with Crippen molar-refractivity contribution in [3.63, 3.8) is 0 Å². The Morgan fingerprint density at radius 2 is 2.29 bits per heavy atom. The molecule has 1 unspecified atom stereocenters. The maximum Gasteiger partial charge on any atom is 0.0524 e. The molecule has 3 heterocycles. The van der Waals surface area contributed by atoms with Crippen LogP contribution in [0.4, 0.5) is 0 Å². The number of fused-ring (bicyclic) bond motifs is 1. The van der Waals surface area contributed by atoms with Gasteiger partial charge in [0.15, 0.2) is 0 Å². The van der Waals surface area contributed by atoms with Gasteiger partial charge in [0, 0.05) is 43.8 Å². The van der Waals surface area contributed by atoms with E-state index in [1.165, 1.54) is 18.7 Å². The summed E-state index contributed by atoms with van der Waals surface area (Å²) in [7, 11) is 0. The first-order chi connectivity index (χ1) is 8.19. The lowest BCUT2D eigenvalue weighted by atomic mass is 9.86. The number of hydrogen-bond acceptors (Lipinski definition) is 3. The van der Waals surface area contributed by atoms with Gasteiger partial charge >= 0.3 is 0 Å². The highest BCUT2D eigenvalue weighted by molar-refractivity contribution is 5.06. The zero-order valence-corrected chi connectivity index (χ0v) is 10.8. The van der Waals surface area contributed by atoms with Gasteiger partial charge in [-0.25, -0.2) is 0 Å². The highest BCUT2D eigenvalue weighted by Gasteiger charge is 2.39. The molecule has 1 aromatic heterocycles. The summed E-state index contributed by atoms with van der Waals surface area (Å²) >= 11 is 0. The average molecular weight is 234 g/mol. The second-order valence-corrected chi connectivity index (χ2v) is 5.91. The first-order valence-corrected chi connectivity index (χ1v) is 6.64. The van der Waals surface area contributed by atoms with E-state index < -0.39 is 0 Å². The minimum Gasteiger partial charge on any atom is -0.316 e. The van der Waals surface area contributed by atoms with Crippen LogP contribution in [-0.4, -0.2) is 40.4 Å².